The average Bonchev–Trinajstić information content (AvgIpc) is 3.13. The molecule has 3 atom stereocenters. The van der Waals surface area contributed by atoms with Crippen LogP contribution in [0.3, 0.4) is 0 Å². The molecule has 1 saturated heterocycles. The molecule has 0 aliphatic carbocycles. The first-order chi connectivity index (χ1) is 15.3. The molecule has 10 nitrogen and oxygen atoms in total. The molecule has 0 bridgehead atoms. The van der Waals surface area contributed by atoms with E-state index >= 15 is 0 Å². The number of methoxy groups -OCH3 is 1. The molecule has 10 heteroatoms. The molecule has 0 radical (unpaired) electrons. The summed E-state index contributed by atoms with van der Waals surface area (Å²) in [6.45, 7) is 9.56. The number of nitro benzene ring substituents is 1. The van der Waals surface area contributed by atoms with Crippen LogP contribution in [0.4, 0.5) is 10.5 Å². The fourth-order valence-electron chi connectivity index (χ4n) is 3.79. The van der Waals surface area contributed by atoms with Crippen LogP contribution in [0.1, 0.15) is 41.0 Å². The Labute approximate surface area is 193 Å². The van der Waals surface area contributed by atoms with Crippen LogP contribution in [0.5, 0.6) is 5.75 Å². The van der Waals surface area contributed by atoms with Crippen molar-refractivity contribution in [3.05, 3.63) is 46.0 Å². The molecule has 1 fully saturated rings. The van der Waals surface area contributed by atoms with Gasteiger partial charge in [0, 0.05) is 24.6 Å². The SMILES string of the molecule is COC(=O)[C@@H]1[C@@H](C=C(C)C)CCN1C(=O)[C@@H](NC(=O)Oc1ccc([N+](=O)[O-])cc1)C(C)(C)C. The first kappa shape index (κ1) is 25.8. The first-order valence-electron chi connectivity index (χ1n) is 10.6. The van der Waals surface area contributed by atoms with Gasteiger partial charge < -0.3 is 19.7 Å². The van der Waals surface area contributed by atoms with Crippen molar-refractivity contribution in [2.45, 2.75) is 53.1 Å². The molecule has 1 heterocycles. The minimum absolute atomic E-state index is 0.0930. The largest absolute Gasteiger partial charge is 0.467 e. The minimum Gasteiger partial charge on any atom is -0.467 e. The van der Waals surface area contributed by atoms with Crippen molar-refractivity contribution in [3.63, 3.8) is 0 Å². The summed E-state index contributed by atoms with van der Waals surface area (Å²) in [5.41, 5.74) is 0.195. The summed E-state index contributed by atoms with van der Waals surface area (Å²) in [7, 11) is 1.28. The molecule has 0 aromatic heterocycles. The molecule has 1 aliphatic rings. The molecule has 180 valence electrons. The zero-order chi connectivity index (χ0) is 24.9. The Morgan fingerprint density at radius 2 is 1.82 bits per heavy atom. The number of carbonyl (C=O) groups excluding carboxylic acids is 3. The molecule has 1 aromatic carbocycles. The first-order valence-corrected chi connectivity index (χ1v) is 10.6. The lowest BCUT2D eigenvalue weighted by Gasteiger charge is -2.35. The maximum atomic E-state index is 13.5. The van der Waals surface area contributed by atoms with Crippen LogP contribution in [0.2, 0.25) is 0 Å². The van der Waals surface area contributed by atoms with E-state index in [1.165, 1.54) is 36.3 Å². The van der Waals surface area contributed by atoms with Crippen molar-refractivity contribution in [1.82, 2.24) is 10.2 Å². The number of nitro groups is 1. The number of carbonyl (C=O) groups is 3. The van der Waals surface area contributed by atoms with Crippen molar-refractivity contribution >= 4 is 23.7 Å². The van der Waals surface area contributed by atoms with Crippen molar-refractivity contribution in [2.24, 2.45) is 11.3 Å². The van der Waals surface area contributed by atoms with Gasteiger partial charge in [-0.2, -0.15) is 0 Å². The number of nitrogens with one attached hydrogen (secondary N) is 1. The molecule has 33 heavy (non-hydrogen) atoms. The van der Waals surface area contributed by atoms with Gasteiger partial charge in [0.05, 0.1) is 12.0 Å². The Bertz CT molecular complexity index is 930. The van der Waals surface area contributed by atoms with Crippen molar-refractivity contribution in [3.8, 4) is 5.75 Å². The second-order valence-corrected chi connectivity index (χ2v) is 9.28. The highest BCUT2D eigenvalue weighted by Gasteiger charge is 2.46. The summed E-state index contributed by atoms with van der Waals surface area (Å²) in [4.78, 5) is 50.3. The number of hydrogen-bond donors (Lipinski definition) is 1. The van der Waals surface area contributed by atoms with E-state index < -0.39 is 40.4 Å². The third-order valence-electron chi connectivity index (χ3n) is 5.35. The lowest BCUT2D eigenvalue weighted by atomic mass is 9.85. The maximum Gasteiger partial charge on any atom is 0.413 e. The van der Waals surface area contributed by atoms with Gasteiger partial charge in [-0.05, 0) is 37.8 Å². The van der Waals surface area contributed by atoms with Crippen LogP contribution < -0.4 is 10.1 Å². The van der Waals surface area contributed by atoms with Gasteiger partial charge in [-0.1, -0.05) is 32.4 Å². The lowest BCUT2D eigenvalue weighted by molar-refractivity contribution is -0.384. The zero-order valence-electron chi connectivity index (χ0n) is 19.8. The zero-order valence-corrected chi connectivity index (χ0v) is 19.8. The van der Waals surface area contributed by atoms with Crippen LogP contribution in [0.15, 0.2) is 35.9 Å². The second-order valence-electron chi connectivity index (χ2n) is 9.28. The van der Waals surface area contributed by atoms with E-state index in [-0.39, 0.29) is 17.4 Å². The monoisotopic (exact) mass is 461 g/mol. The molecule has 0 unspecified atom stereocenters. The van der Waals surface area contributed by atoms with Gasteiger partial charge in [-0.15, -0.1) is 0 Å². The number of benzene rings is 1. The topological polar surface area (TPSA) is 128 Å². The summed E-state index contributed by atoms with van der Waals surface area (Å²) in [5.74, 6) is -1.01. The van der Waals surface area contributed by atoms with E-state index in [0.29, 0.717) is 13.0 Å². The number of ether oxygens (including phenoxy) is 2. The highest BCUT2D eigenvalue weighted by atomic mass is 16.6. The Balaban J connectivity index is 2.22. The van der Waals surface area contributed by atoms with Gasteiger partial charge >= 0.3 is 12.1 Å². The molecule has 2 rings (SSSR count). The van der Waals surface area contributed by atoms with E-state index in [0.717, 1.165) is 5.57 Å². The third kappa shape index (κ3) is 6.53. The molecule has 0 saturated carbocycles. The van der Waals surface area contributed by atoms with Gasteiger partial charge in [-0.3, -0.25) is 14.9 Å². The second kappa shape index (κ2) is 10.5. The van der Waals surface area contributed by atoms with Crippen LogP contribution in [-0.2, 0) is 14.3 Å². The van der Waals surface area contributed by atoms with Crippen molar-refractivity contribution < 1.29 is 28.8 Å². The lowest BCUT2D eigenvalue weighted by Crippen LogP contribution is -2.57. The normalized spacial score (nSPS) is 18.8. The molecular formula is C23H31N3O7. The quantitative estimate of drug-likeness (QED) is 0.297. The van der Waals surface area contributed by atoms with Crippen LogP contribution >= 0.6 is 0 Å². The van der Waals surface area contributed by atoms with Crippen molar-refractivity contribution in [1.29, 1.82) is 0 Å². The molecule has 2 amide bonds. The summed E-state index contributed by atoms with van der Waals surface area (Å²) in [5, 5.41) is 13.4. The van der Waals surface area contributed by atoms with Crippen LogP contribution in [-0.4, -0.2) is 53.5 Å². The number of esters is 1. The van der Waals surface area contributed by atoms with Gasteiger partial charge in [0.1, 0.15) is 17.8 Å². The standard InChI is InChI=1S/C23H31N3O7/c1-14(2)13-15-11-12-25(18(15)21(28)32-6)20(27)19(23(3,4)5)24-22(29)33-17-9-7-16(8-10-17)26(30)31/h7-10,13,15,18-19H,11-12H2,1-6H3,(H,24,29)/t15-,18+,19-/m1/s1. The van der Waals surface area contributed by atoms with Gasteiger partial charge in [-0.25, -0.2) is 9.59 Å². The highest BCUT2D eigenvalue weighted by Crippen LogP contribution is 2.31. The number of amides is 2. The number of rotatable bonds is 6. The number of non-ortho nitro benzene ring substituents is 1. The fraction of sp³-hybridized carbons (Fsp3) is 0.522. The molecule has 1 N–H and O–H groups in total. The Morgan fingerprint density at radius 3 is 2.30 bits per heavy atom. The van der Waals surface area contributed by atoms with Crippen molar-refractivity contribution in [2.75, 3.05) is 13.7 Å². The fourth-order valence-corrected chi connectivity index (χ4v) is 3.79. The predicted octanol–water partition coefficient (Wildman–Crippen LogP) is 3.45. The van der Waals surface area contributed by atoms with Gasteiger partial charge in [0.2, 0.25) is 5.91 Å². The van der Waals surface area contributed by atoms with Gasteiger partial charge in [0.15, 0.2) is 0 Å². The van der Waals surface area contributed by atoms with E-state index in [1.54, 1.807) is 20.8 Å². The summed E-state index contributed by atoms with van der Waals surface area (Å²) < 4.78 is 10.2. The summed E-state index contributed by atoms with van der Waals surface area (Å²) in [6, 6.07) is 3.25. The molecule has 1 aliphatic heterocycles. The third-order valence-corrected chi connectivity index (χ3v) is 5.35. The summed E-state index contributed by atoms with van der Waals surface area (Å²) >= 11 is 0. The highest BCUT2D eigenvalue weighted by molar-refractivity contribution is 5.91. The van der Waals surface area contributed by atoms with Crippen LogP contribution in [0.25, 0.3) is 0 Å². The number of allylic oxidation sites excluding steroid dienone is 1. The van der Waals surface area contributed by atoms with E-state index in [9.17, 15) is 24.5 Å². The molecular weight excluding hydrogens is 430 g/mol. The molecule has 1 aromatic rings. The average molecular weight is 462 g/mol. The Hall–Kier alpha value is -3.43. The molecule has 0 spiro atoms. The van der Waals surface area contributed by atoms with Crippen LogP contribution in [0, 0.1) is 21.4 Å². The van der Waals surface area contributed by atoms with Gasteiger partial charge in [0.25, 0.3) is 5.69 Å². The number of likely N-dealkylation sites (tertiary alicyclic amines) is 1. The predicted molar refractivity (Wildman–Crippen MR) is 121 cm³/mol. The smallest absolute Gasteiger partial charge is 0.413 e. The minimum atomic E-state index is -0.986. The Morgan fingerprint density at radius 1 is 1.21 bits per heavy atom. The Kier molecular flexibility index (Phi) is 8.18. The summed E-state index contributed by atoms with van der Waals surface area (Å²) in [6.07, 6.45) is 1.67. The van der Waals surface area contributed by atoms with E-state index in [4.69, 9.17) is 9.47 Å². The number of nitrogens with zero attached hydrogens (tertiary/aromatic N) is 2. The number of hydrogen-bond acceptors (Lipinski definition) is 7. The van der Waals surface area contributed by atoms with E-state index in [2.05, 4.69) is 5.32 Å². The van der Waals surface area contributed by atoms with E-state index in [1.807, 2.05) is 19.9 Å². The maximum absolute atomic E-state index is 13.5.